The summed E-state index contributed by atoms with van der Waals surface area (Å²) in [6.45, 7) is 11.1. The number of ether oxygens (including phenoxy) is 4. The van der Waals surface area contributed by atoms with Gasteiger partial charge in [0.25, 0.3) is 0 Å². The summed E-state index contributed by atoms with van der Waals surface area (Å²) in [6, 6.07) is 0. The van der Waals surface area contributed by atoms with E-state index in [1.807, 2.05) is 0 Å². The molecule has 0 rings (SSSR count). The lowest BCUT2D eigenvalue weighted by molar-refractivity contribution is -0.0461. The van der Waals surface area contributed by atoms with Crippen molar-refractivity contribution in [1.29, 1.82) is 0 Å². The minimum Gasteiger partial charge on any atom is -0.460 e. The number of hydrogen-bond acceptors (Lipinski definition) is 4. The Morgan fingerprint density at radius 1 is 0.455 bits per heavy atom. The molecule has 0 aromatic rings. The Balaban J connectivity index is 4.69. The normalized spacial score (nSPS) is 10.2. The van der Waals surface area contributed by atoms with Crippen LogP contribution in [-0.2, 0) is 18.9 Å². The van der Waals surface area contributed by atoms with E-state index in [0.717, 1.165) is 51.4 Å². The lowest BCUT2D eigenvalue weighted by Crippen LogP contribution is -2.11. The summed E-state index contributed by atoms with van der Waals surface area (Å²) in [4.78, 5) is 0. The fraction of sp³-hybridized carbons (Fsp3) is 0.889. The zero-order valence-corrected chi connectivity index (χ0v) is 15.1. The summed E-state index contributed by atoms with van der Waals surface area (Å²) < 4.78 is 23.0. The maximum atomic E-state index is 5.76. The summed E-state index contributed by atoms with van der Waals surface area (Å²) in [5.74, 6) is 0.850. The van der Waals surface area contributed by atoms with E-state index < -0.39 is 0 Å². The fourth-order valence-corrected chi connectivity index (χ4v) is 1.56. The van der Waals surface area contributed by atoms with Crippen LogP contribution < -0.4 is 0 Å². The third-order valence-corrected chi connectivity index (χ3v) is 3.09. The third-order valence-electron chi connectivity index (χ3n) is 3.09. The zero-order chi connectivity index (χ0) is 16.5. The Kier molecular flexibility index (Phi) is 15.5. The second-order valence-electron chi connectivity index (χ2n) is 5.38. The molecule has 0 N–H and O–H groups in total. The molecule has 0 aliphatic rings. The van der Waals surface area contributed by atoms with Crippen LogP contribution in [-0.4, -0.2) is 26.4 Å². The highest BCUT2D eigenvalue weighted by Gasteiger charge is 2.14. The highest BCUT2D eigenvalue weighted by Crippen LogP contribution is 2.15. The molecule has 0 radical (unpaired) electrons. The molecule has 0 saturated heterocycles. The highest BCUT2D eigenvalue weighted by molar-refractivity contribution is 4.86. The van der Waals surface area contributed by atoms with E-state index in [-0.39, 0.29) is 0 Å². The molecule has 4 nitrogen and oxygen atoms in total. The van der Waals surface area contributed by atoms with Gasteiger partial charge in [0, 0.05) is 0 Å². The van der Waals surface area contributed by atoms with E-state index in [4.69, 9.17) is 18.9 Å². The van der Waals surface area contributed by atoms with Crippen LogP contribution in [0, 0.1) is 0 Å². The van der Waals surface area contributed by atoms with E-state index in [1.165, 1.54) is 0 Å². The molecule has 0 aliphatic heterocycles. The minimum absolute atomic E-state index is 0.425. The van der Waals surface area contributed by atoms with Crippen molar-refractivity contribution in [2.75, 3.05) is 26.4 Å². The summed E-state index contributed by atoms with van der Waals surface area (Å²) in [7, 11) is 0. The summed E-state index contributed by atoms with van der Waals surface area (Å²) in [5, 5.41) is 0. The van der Waals surface area contributed by atoms with Crippen molar-refractivity contribution >= 4 is 0 Å². The molecule has 0 heterocycles. The first-order chi connectivity index (χ1) is 10.8. The van der Waals surface area contributed by atoms with E-state index in [2.05, 4.69) is 27.7 Å². The maximum absolute atomic E-state index is 5.76. The van der Waals surface area contributed by atoms with Crippen LogP contribution in [0.15, 0.2) is 11.9 Å². The molecule has 0 aromatic carbocycles. The van der Waals surface area contributed by atoms with Gasteiger partial charge < -0.3 is 18.9 Å². The van der Waals surface area contributed by atoms with E-state index in [9.17, 15) is 0 Å². The summed E-state index contributed by atoms with van der Waals surface area (Å²) >= 11 is 0. The van der Waals surface area contributed by atoms with Gasteiger partial charge in [-0.3, -0.25) is 0 Å². The van der Waals surface area contributed by atoms with E-state index >= 15 is 0 Å². The van der Waals surface area contributed by atoms with Gasteiger partial charge in [0.05, 0.1) is 26.4 Å². The maximum Gasteiger partial charge on any atom is 0.364 e. The van der Waals surface area contributed by atoms with Crippen LogP contribution in [0.3, 0.4) is 0 Å². The van der Waals surface area contributed by atoms with Gasteiger partial charge in [0.15, 0.2) is 0 Å². The quantitative estimate of drug-likeness (QED) is 0.283. The molecule has 0 saturated carbocycles. The topological polar surface area (TPSA) is 36.9 Å². The Labute approximate surface area is 137 Å². The average molecular weight is 316 g/mol. The molecule has 0 bridgehead atoms. The number of hydrogen-bond donors (Lipinski definition) is 0. The third kappa shape index (κ3) is 11.6. The monoisotopic (exact) mass is 316 g/mol. The first-order valence-electron chi connectivity index (χ1n) is 9.05. The molecule has 0 amide bonds. The number of rotatable bonds is 16. The van der Waals surface area contributed by atoms with Crippen LogP contribution in [0.5, 0.6) is 0 Å². The Morgan fingerprint density at radius 3 is 0.864 bits per heavy atom. The standard InChI is InChI=1S/C18H36O4/c1-5-9-13-19-17(20-14-10-6-2)18(21-15-11-7-3)22-16-12-8-4/h5-16H2,1-4H3. The molecule has 22 heavy (non-hydrogen) atoms. The first-order valence-corrected chi connectivity index (χ1v) is 9.05. The lowest BCUT2D eigenvalue weighted by Gasteiger charge is -2.17. The van der Waals surface area contributed by atoms with Gasteiger partial charge in [0.1, 0.15) is 0 Å². The van der Waals surface area contributed by atoms with Gasteiger partial charge in [-0.2, -0.15) is 0 Å². The second-order valence-corrected chi connectivity index (χ2v) is 5.38. The van der Waals surface area contributed by atoms with Gasteiger partial charge >= 0.3 is 11.9 Å². The van der Waals surface area contributed by atoms with Crippen molar-refractivity contribution in [3.8, 4) is 0 Å². The van der Waals surface area contributed by atoms with Crippen molar-refractivity contribution in [1.82, 2.24) is 0 Å². The first kappa shape index (κ1) is 20.9. The van der Waals surface area contributed by atoms with Crippen LogP contribution in [0.25, 0.3) is 0 Å². The van der Waals surface area contributed by atoms with Crippen LogP contribution >= 0.6 is 0 Å². The molecule has 0 unspecified atom stereocenters. The molecule has 0 atom stereocenters. The van der Waals surface area contributed by atoms with Gasteiger partial charge in [-0.1, -0.05) is 53.4 Å². The fourth-order valence-electron chi connectivity index (χ4n) is 1.56. The minimum atomic E-state index is 0.425. The molecule has 0 aliphatic carbocycles. The summed E-state index contributed by atoms with van der Waals surface area (Å²) in [6.07, 6.45) is 8.34. The van der Waals surface area contributed by atoms with Gasteiger partial charge in [0.2, 0.25) is 0 Å². The molecular weight excluding hydrogens is 280 g/mol. The Morgan fingerprint density at radius 2 is 0.682 bits per heavy atom. The van der Waals surface area contributed by atoms with Crippen molar-refractivity contribution in [3.05, 3.63) is 11.9 Å². The molecule has 132 valence electrons. The second kappa shape index (κ2) is 16.3. The van der Waals surface area contributed by atoms with Gasteiger partial charge in [-0.15, -0.1) is 0 Å². The smallest absolute Gasteiger partial charge is 0.364 e. The largest absolute Gasteiger partial charge is 0.460 e. The van der Waals surface area contributed by atoms with Gasteiger partial charge in [-0.05, 0) is 25.7 Å². The Hall–Kier alpha value is -1.06. The SMILES string of the molecule is CCCCOC(OCCCC)=C(OCCCC)OCCCC. The van der Waals surface area contributed by atoms with Crippen LogP contribution in [0.1, 0.15) is 79.1 Å². The molecular formula is C18H36O4. The molecule has 0 fully saturated rings. The predicted octanol–water partition coefficient (Wildman–Crippen LogP) is 5.38. The van der Waals surface area contributed by atoms with Crippen molar-refractivity contribution < 1.29 is 18.9 Å². The predicted molar refractivity (Wildman–Crippen MR) is 90.5 cm³/mol. The highest BCUT2D eigenvalue weighted by atomic mass is 16.7. The zero-order valence-electron chi connectivity index (χ0n) is 15.1. The van der Waals surface area contributed by atoms with Crippen LogP contribution in [0.2, 0.25) is 0 Å². The van der Waals surface area contributed by atoms with Gasteiger partial charge in [-0.25, -0.2) is 0 Å². The van der Waals surface area contributed by atoms with Crippen LogP contribution in [0.4, 0.5) is 0 Å². The Bertz CT molecular complexity index is 214. The van der Waals surface area contributed by atoms with Crippen molar-refractivity contribution in [2.45, 2.75) is 79.1 Å². The average Bonchev–Trinajstić information content (AvgIpc) is 2.53. The van der Waals surface area contributed by atoms with E-state index in [1.54, 1.807) is 0 Å². The number of unbranched alkanes of at least 4 members (excludes halogenated alkanes) is 4. The summed E-state index contributed by atoms with van der Waals surface area (Å²) in [5.41, 5.74) is 0. The van der Waals surface area contributed by atoms with Crippen molar-refractivity contribution in [3.63, 3.8) is 0 Å². The van der Waals surface area contributed by atoms with Crippen molar-refractivity contribution in [2.24, 2.45) is 0 Å². The molecule has 0 aromatic heterocycles. The lowest BCUT2D eigenvalue weighted by atomic mass is 10.3. The molecule has 4 heteroatoms. The van der Waals surface area contributed by atoms with E-state index in [0.29, 0.717) is 38.3 Å². The molecule has 0 spiro atoms.